The molecule has 11 nitrogen and oxygen atoms in total. The molecule has 0 unspecified atom stereocenters. The molecule has 0 saturated heterocycles. The van der Waals surface area contributed by atoms with Gasteiger partial charge in [0.2, 0.25) is 21.9 Å². The van der Waals surface area contributed by atoms with Crippen molar-refractivity contribution in [2.24, 2.45) is 0 Å². The standard InChI is InChI=1S/C27H29F3N4O7S/c1-42(35,36)34-24-19-5-3-2-4-17(19)14-23(24)41-25-20(27(28,29)30)16-31-26(33-25)32-18-6-7-21-22(15-18)40-13-11-38-9-8-37-10-12-39-21/h2-7,15-16,23-24,34H,8-14H2,1H3,(H,31,32,33)/t23-,24-/m1/s1. The molecule has 2 aromatic carbocycles. The van der Waals surface area contributed by atoms with E-state index >= 15 is 0 Å². The number of sulfonamides is 1. The summed E-state index contributed by atoms with van der Waals surface area (Å²) in [6, 6.07) is 10.9. The van der Waals surface area contributed by atoms with Crippen LogP contribution in [0.15, 0.2) is 48.7 Å². The van der Waals surface area contributed by atoms with E-state index in [1.165, 1.54) is 0 Å². The van der Waals surface area contributed by atoms with Crippen LogP contribution in [-0.2, 0) is 32.1 Å². The number of rotatable bonds is 6. The summed E-state index contributed by atoms with van der Waals surface area (Å²) in [5.41, 5.74) is 0.588. The van der Waals surface area contributed by atoms with Gasteiger partial charge in [-0.2, -0.15) is 18.2 Å². The average Bonchev–Trinajstić information content (AvgIpc) is 3.24. The van der Waals surface area contributed by atoms with Crippen molar-refractivity contribution in [2.75, 3.05) is 51.2 Å². The van der Waals surface area contributed by atoms with E-state index in [0.29, 0.717) is 55.4 Å². The molecular weight excluding hydrogens is 581 g/mol. The number of hydrogen-bond donors (Lipinski definition) is 2. The quantitative estimate of drug-likeness (QED) is 0.427. The molecule has 0 bridgehead atoms. The molecule has 1 aliphatic heterocycles. The van der Waals surface area contributed by atoms with Gasteiger partial charge < -0.3 is 29.0 Å². The molecule has 5 rings (SSSR count). The van der Waals surface area contributed by atoms with Crippen molar-refractivity contribution in [3.63, 3.8) is 0 Å². The highest BCUT2D eigenvalue weighted by atomic mass is 32.2. The summed E-state index contributed by atoms with van der Waals surface area (Å²) < 4.78 is 96.7. The molecule has 226 valence electrons. The molecule has 0 radical (unpaired) electrons. The Kier molecular flexibility index (Phi) is 9.01. The van der Waals surface area contributed by atoms with Crippen molar-refractivity contribution in [3.05, 3.63) is 65.4 Å². The first-order chi connectivity index (χ1) is 20.1. The summed E-state index contributed by atoms with van der Waals surface area (Å²) in [4.78, 5) is 7.88. The summed E-state index contributed by atoms with van der Waals surface area (Å²) in [5.74, 6) is -0.0775. The van der Waals surface area contributed by atoms with Crippen LogP contribution in [-0.4, -0.2) is 70.4 Å². The van der Waals surface area contributed by atoms with Crippen LogP contribution >= 0.6 is 0 Å². The van der Waals surface area contributed by atoms with Gasteiger partial charge in [0.15, 0.2) is 11.5 Å². The molecule has 3 aromatic rings. The van der Waals surface area contributed by atoms with Crippen LogP contribution in [0, 0.1) is 0 Å². The number of halogens is 3. The lowest BCUT2D eigenvalue weighted by atomic mass is 10.1. The number of hydrogen-bond acceptors (Lipinski definition) is 10. The minimum Gasteiger partial charge on any atom is -0.487 e. The summed E-state index contributed by atoms with van der Waals surface area (Å²) >= 11 is 0. The topological polar surface area (TPSA) is 130 Å². The van der Waals surface area contributed by atoms with Gasteiger partial charge in [0.25, 0.3) is 0 Å². The maximum absolute atomic E-state index is 13.9. The zero-order chi connectivity index (χ0) is 29.7. The van der Waals surface area contributed by atoms with Gasteiger partial charge in [-0.05, 0) is 23.3 Å². The summed E-state index contributed by atoms with van der Waals surface area (Å²) in [7, 11) is -3.72. The van der Waals surface area contributed by atoms with Crippen LogP contribution in [0.3, 0.4) is 0 Å². The Balaban J connectivity index is 1.41. The molecule has 0 saturated carbocycles. The van der Waals surface area contributed by atoms with E-state index < -0.39 is 39.8 Å². The Labute approximate surface area is 240 Å². The fourth-order valence-corrected chi connectivity index (χ4v) is 5.32. The molecule has 1 aromatic heterocycles. The smallest absolute Gasteiger partial charge is 0.423 e. The molecule has 0 amide bonds. The molecule has 1 aliphatic carbocycles. The molecule has 15 heteroatoms. The number of alkyl halides is 3. The molecule has 2 aliphatic rings. The van der Waals surface area contributed by atoms with Crippen LogP contribution in [0.1, 0.15) is 22.7 Å². The second kappa shape index (κ2) is 12.7. The maximum atomic E-state index is 13.9. The van der Waals surface area contributed by atoms with Gasteiger partial charge in [0, 0.05) is 24.4 Å². The Bertz CT molecular complexity index is 1510. The van der Waals surface area contributed by atoms with Gasteiger partial charge >= 0.3 is 6.18 Å². The predicted molar refractivity (Wildman–Crippen MR) is 145 cm³/mol. The van der Waals surface area contributed by atoms with Gasteiger partial charge in [0.05, 0.1) is 38.7 Å². The lowest BCUT2D eigenvalue weighted by Gasteiger charge is -2.23. The number of fused-ring (bicyclic) bond motifs is 2. The Morgan fingerprint density at radius 2 is 1.64 bits per heavy atom. The largest absolute Gasteiger partial charge is 0.487 e. The highest BCUT2D eigenvalue weighted by molar-refractivity contribution is 7.88. The second-order valence-corrected chi connectivity index (χ2v) is 11.3. The first-order valence-electron chi connectivity index (χ1n) is 13.0. The molecule has 0 fully saturated rings. The molecule has 42 heavy (non-hydrogen) atoms. The lowest BCUT2D eigenvalue weighted by molar-refractivity contribution is -0.140. The minimum absolute atomic E-state index is 0.171. The third kappa shape index (κ3) is 7.59. The van der Waals surface area contributed by atoms with E-state index in [4.69, 9.17) is 23.7 Å². The predicted octanol–water partition coefficient (Wildman–Crippen LogP) is 3.64. The van der Waals surface area contributed by atoms with Gasteiger partial charge in [0.1, 0.15) is 24.9 Å². The van der Waals surface area contributed by atoms with Crippen molar-refractivity contribution in [1.29, 1.82) is 0 Å². The number of ether oxygens (including phenoxy) is 5. The van der Waals surface area contributed by atoms with Crippen molar-refractivity contribution in [1.82, 2.24) is 14.7 Å². The summed E-state index contributed by atoms with van der Waals surface area (Å²) in [6.07, 6.45) is -4.05. The van der Waals surface area contributed by atoms with Crippen molar-refractivity contribution in [2.45, 2.75) is 24.7 Å². The van der Waals surface area contributed by atoms with E-state index in [2.05, 4.69) is 20.0 Å². The third-order valence-electron chi connectivity index (χ3n) is 6.39. The zero-order valence-corrected chi connectivity index (χ0v) is 23.3. The van der Waals surface area contributed by atoms with E-state index in [0.717, 1.165) is 11.8 Å². The number of nitrogens with zero attached hydrogens (tertiary/aromatic N) is 2. The van der Waals surface area contributed by atoms with Crippen LogP contribution in [0.25, 0.3) is 0 Å². The number of aromatic nitrogens is 2. The average molecular weight is 611 g/mol. The first kappa shape index (κ1) is 29.8. The van der Waals surface area contributed by atoms with Gasteiger partial charge in [-0.3, -0.25) is 0 Å². The molecule has 0 spiro atoms. The molecular formula is C27H29F3N4O7S. The number of anilines is 2. The van der Waals surface area contributed by atoms with Crippen molar-refractivity contribution < 1.29 is 45.3 Å². The highest BCUT2D eigenvalue weighted by Crippen LogP contribution is 2.40. The Hall–Kier alpha value is -3.66. The lowest BCUT2D eigenvalue weighted by Crippen LogP contribution is -2.36. The minimum atomic E-state index is -4.83. The first-order valence-corrected chi connectivity index (χ1v) is 14.9. The number of benzene rings is 2. The maximum Gasteiger partial charge on any atom is 0.423 e. The van der Waals surface area contributed by atoms with Gasteiger partial charge in [-0.25, -0.2) is 18.1 Å². The summed E-state index contributed by atoms with van der Waals surface area (Å²) in [5, 5.41) is 2.88. The second-order valence-electron chi connectivity index (χ2n) is 9.55. The Morgan fingerprint density at radius 3 is 2.36 bits per heavy atom. The fraction of sp³-hybridized carbons (Fsp3) is 0.407. The van der Waals surface area contributed by atoms with E-state index in [9.17, 15) is 21.6 Å². The van der Waals surface area contributed by atoms with Crippen molar-refractivity contribution >= 4 is 21.7 Å². The van der Waals surface area contributed by atoms with Gasteiger partial charge in [-0.15, -0.1) is 0 Å². The van der Waals surface area contributed by atoms with Crippen LogP contribution < -0.4 is 24.2 Å². The van der Waals surface area contributed by atoms with E-state index in [1.54, 1.807) is 42.5 Å². The van der Waals surface area contributed by atoms with E-state index in [1.807, 2.05) is 0 Å². The zero-order valence-electron chi connectivity index (χ0n) is 22.5. The summed E-state index contributed by atoms with van der Waals surface area (Å²) in [6.45, 7) is 2.07. The highest BCUT2D eigenvalue weighted by Gasteiger charge is 2.40. The number of nitrogens with one attached hydrogen (secondary N) is 2. The van der Waals surface area contributed by atoms with Crippen molar-refractivity contribution in [3.8, 4) is 17.4 Å². The normalized spacial score (nSPS) is 19.7. The SMILES string of the molecule is CS(=O)(=O)N[C@@H]1c2ccccc2C[C@H]1Oc1nc(Nc2ccc3c(c2)OCCOCCOCCO3)ncc1C(F)(F)F. The third-order valence-corrected chi connectivity index (χ3v) is 7.07. The van der Waals surface area contributed by atoms with E-state index in [-0.39, 0.29) is 25.6 Å². The van der Waals surface area contributed by atoms with Gasteiger partial charge in [-0.1, -0.05) is 24.3 Å². The monoisotopic (exact) mass is 610 g/mol. The molecule has 2 atom stereocenters. The van der Waals surface area contributed by atoms with Crippen LogP contribution in [0.4, 0.5) is 24.8 Å². The van der Waals surface area contributed by atoms with Crippen LogP contribution in [0.5, 0.6) is 17.4 Å². The van der Waals surface area contributed by atoms with Crippen LogP contribution in [0.2, 0.25) is 0 Å². The molecule has 2 N–H and O–H groups in total. The Morgan fingerprint density at radius 1 is 0.952 bits per heavy atom. The fourth-order valence-electron chi connectivity index (χ4n) is 4.58. The molecule has 2 heterocycles.